The molecule has 1 aliphatic carbocycles. The Morgan fingerprint density at radius 3 is 2.48 bits per heavy atom. The van der Waals surface area contributed by atoms with Gasteiger partial charge in [0.05, 0.1) is 17.3 Å². The molecule has 222 valence electrons. The second-order valence-corrected chi connectivity index (χ2v) is 13.4. The van der Waals surface area contributed by atoms with Gasteiger partial charge < -0.3 is 19.9 Å². The van der Waals surface area contributed by atoms with Crippen molar-refractivity contribution in [2.24, 2.45) is 10.9 Å². The van der Waals surface area contributed by atoms with E-state index in [4.69, 9.17) is 42.8 Å². The number of sulfone groups is 1. The number of hydrogen-bond acceptors (Lipinski definition) is 7. The number of aliphatic imine (C=N–C) groups is 1. The quantitative estimate of drug-likeness (QED) is 0.244. The van der Waals surface area contributed by atoms with Gasteiger partial charge >= 0.3 is 0 Å². The molecule has 3 aromatic carbocycles. The summed E-state index contributed by atoms with van der Waals surface area (Å²) in [5, 5.41) is 12.7. The van der Waals surface area contributed by atoms with Crippen molar-refractivity contribution in [3.05, 3.63) is 94.0 Å². The lowest BCUT2D eigenvalue weighted by molar-refractivity contribution is -0.129. The molecule has 1 aliphatic heterocycles. The zero-order chi connectivity index (χ0) is 29.7. The third kappa shape index (κ3) is 6.92. The van der Waals surface area contributed by atoms with E-state index >= 15 is 0 Å². The van der Waals surface area contributed by atoms with Crippen molar-refractivity contribution in [1.29, 1.82) is 0 Å². The summed E-state index contributed by atoms with van der Waals surface area (Å²) in [6, 6.07) is 20.0. The van der Waals surface area contributed by atoms with Gasteiger partial charge in [0.2, 0.25) is 5.90 Å². The summed E-state index contributed by atoms with van der Waals surface area (Å²) >= 11 is 12.8. The van der Waals surface area contributed by atoms with Gasteiger partial charge in [0.1, 0.15) is 5.75 Å². The van der Waals surface area contributed by atoms with Crippen LogP contribution in [-0.2, 0) is 19.4 Å². The lowest BCUT2D eigenvalue weighted by Gasteiger charge is -2.31. The Kier molecular flexibility index (Phi) is 9.42. The van der Waals surface area contributed by atoms with E-state index in [-0.39, 0.29) is 34.6 Å². The van der Waals surface area contributed by atoms with Gasteiger partial charge in [0.25, 0.3) is 5.91 Å². The number of carbonyl (C=O) groups is 1. The number of aliphatic hydroxyl groups is 1. The molecule has 42 heavy (non-hydrogen) atoms. The van der Waals surface area contributed by atoms with Gasteiger partial charge in [-0.15, -0.1) is 0 Å². The van der Waals surface area contributed by atoms with E-state index in [0.717, 1.165) is 12.8 Å². The number of benzene rings is 3. The largest absolute Gasteiger partial charge is 0.494 e. The number of carbonyl (C=O) groups excluding carboxylic acids is 1. The van der Waals surface area contributed by atoms with Crippen molar-refractivity contribution in [1.82, 2.24) is 5.32 Å². The summed E-state index contributed by atoms with van der Waals surface area (Å²) < 4.78 is 38.8. The van der Waals surface area contributed by atoms with Crippen LogP contribution in [0.15, 0.2) is 82.7 Å². The summed E-state index contributed by atoms with van der Waals surface area (Å²) in [6.07, 6.45) is 1.41. The number of rotatable bonds is 13. The predicted octanol–water partition coefficient (Wildman–Crippen LogP) is 5.40. The zero-order valence-corrected chi connectivity index (χ0v) is 25.2. The summed E-state index contributed by atoms with van der Waals surface area (Å²) in [7, 11) is -3.75. The molecule has 1 heterocycles. The normalized spacial score (nSPS) is 20.1. The first-order valence-electron chi connectivity index (χ1n) is 13.8. The topological polar surface area (TPSA) is 114 Å². The van der Waals surface area contributed by atoms with E-state index < -0.39 is 27.4 Å². The molecular formula is C31H32Cl2N2O6S. The molecule has 3 aromatic rings. The molecule has 1 fully saturated rings. The van der Waals surface area contributed by atoms with E-state index in [9.17, 15) is 13.2 Å². The fourth-order valence-corrected chi connectivity index (χ4v) is 6.70. The van der Waals surface area contributed by atoms with E-state index in [2.05, 4.69) is 5.32 Å². The average Bonchev–Trinajstić information content (AvgIpc) is 3.74. The number of aliphatic hydroxyl groups excluding tert-OH is 1. The number of nitrogens with one attached hydrogen (secondary N) is 1. The highest BCUT2D eigenvalue weighted by molar-refractivity contribution is 7.91. The Morgan fingerprint density at radius 2 is 1.81 bits per heavy atom. The summed E-state index contributed by atoms with van der Waals surface area (Å²) in [6.45, 7) is 0.866. The fourth-order valence-electron chi connectivity index (χ4n) is 4.81. The minimum absolute atomic E-state index is 0.0300. The van der Waals surface area contributed by atoms with E-state index in [1.807, 2.05) is 0 Å². The van der Waals surface area contributed by atoms with Crippen molar-refractivity contribution in [3.63, 3.8) is 0 Å². The molecule has 0 aromatic heterocycles. The molecule has 1 saturated carbocycles. The first kappa shape index (κ1) is 30.4. The third-order valence-corrected chi connectivity index (χ3v) is 9.67. The second kappa shape index (κ2) is 13.0. The summed E-state index contributed by atoms with van der Waals surface area (Å²) in [5.74, 6) is 0.415. The van der Waals surface area contributed by atoms with Crippen LogP contribution in [0.2, 0.25) is 10.0 Å². The van der Waals surface area contributed by atoms with Gasteiger partial charge in [0.15, 0.2) is 21.5 Å². The monoisotopic (exact) mass is 630 g/mol. The van der Waals surface area contributed by atoms with Crippen LogP contribution in [-0.4, -0.2) is 56.4 Å². The Balaban J connectivity index is 1.54. The first-order chi connectivity index (χ1) is 20.2. The molecule has 0 radical (unpaired) electrons. The van der Waals surface area contributed by atoms with E-state index in [1.165, 1.54) is 12.1 Å². The number of halogens is 2. The van der Waals surface area contributed by atoms with Crippen LogP contribution in [0, 0.1) is 5.92 Å². The molecular weight excluding hydrogens is 599 g/mol. The van der Waals surface area contributed by atoms with Crippen molar-refractivity contribution >= 4 is 44.8 Å². The first-order valence-corrected chi connectivity index (χ1v) is 16.2. The summed E-state index contributed by atoms with van der Waals surface area (Å²) in [5.41, 5.74) is -0.565. The lowest BCUT2D eigenvalue weighted by Crippen LogP contribution is -2.49. The molecule has 8 nitrogen and oxygen atoms in total. The molecule has 0 spiro atoms. The van der Waals surface area contributed by atoms with E-state index in [0.29, 0.717) is 47.4 Å². The van der Waals surface area contributed by atoms with Crippen LogP contribution >= 0.6 is 23.2 Å². The molecule has 2 N–H and O–H groups in total. The molecule has 1 amide bonds. The van der Waals surface area contributed by atoms with Crippen molar-refractivity contribution in [2.45, 2.75) is 42.2 Å². The van der Waals surface area contributed by atoms with Gasteiger partial charge in [-0.3, -0.25) is 4.79 Å². The van der Waals surface area contributed by atoms with Gasteiger partial charge in [0, 0.05) is 47.2 Å². The van der Waals surface area contributed by atoms with Crippen LogP contribution in [0.25, 0.3) is 0 Å². The maximum atomic E-state index is 14.1. The molecule has 0 bridgehead atoms. The van der Waals surface area contributed by atoms with Crippen molar-refractivity contribution in [2.75, 3.05) is 25.5 Å². The van der Waals surface area contributed by atoms with Crippen LogP contribution in [0.5, 0.6) is 5.75 Å². The third-order valence-electron chi connectivity index (χ3n) is 7.38. The van der Waals surface area contributed by atoms with Crippen molar-refractivity contribution in [3.8, 4) is 5.75 Å². The van der Waals surface area contributed by atoms with Gasteiger partial charge in [-0.2, -0.15) is 0 Å². The lowest BCUT2D eigenvalue weighted by atomic mass is 9.85. The predicted molar refractivity (Wildman–Crippen MR) is 162 cm³/mol. The molecule has 2 atom stereocenters. The number of amides is 1. The maximum Gasteiger partial charge on any atom is 0.252 e. The number of ether oxygens (including phenoxy) is 2. The minimum atomic E-state index is -3.75. The van der Waals surface area contributed by atoms with Crippen LogP contribution in [0.3, 0.4) is 0 Å². The molecule has 5 rings (SSSR count). The number of nitrogens with zero attached hydrogens (tertiary/aromatic N) is 1. The molecule has 0 unspecified atom stereocenters. The van der Waals surface area contributed by atoms with Crippen LogP contribution in [0.1, 0.15) is 42.9 Å². The summed E-state index contributed by atoms with van der Waals surface area (Å²) in [4.78, 5) is 19.1. The Hall–Kier alpha value is -3.11. The Bertz CT molecular complexity index is 1550. The van der Waals surface area contributed by atoms with Gasteiger partial charge in [-0.1, -0.05) is 47.5 Å². The molecule has 2 aliphatic rings. The zero-order valence-electron chi connectivity index (χ0n) is 22.8. The van der Waals surface area contributed by atoms with Crippen molar-refractivity contribution < 1.29 is 27.8 Å². The molecule has 0 saturated heterocycles. The smallest absolute Gasteiger partial charge is 0.252 e. The molecule has 11 heteroatoms. The number of hydrogen-bond donors (Lipinski definition) is 2. The second-order valence-electron chi connectivity index (χ2n) is 10.5. The minimum Gasteiger partial charge on any atom is -0.494 e. The van der Waals surface area contributed by atoms with Crippen LogP contribution < -0.4 is 10.1 Å². The highest BCUT2D eigenvalue weighted by Gasteiger charge is 2.54. The maximum absolute atomic E-state index is 14.1. The standard InChI is InChI=1S/C31H32Cl2N2O6S/c32-23-11-14-26(27(33)19-23)28-31(30(37)34-20-21-7-8-21,15-18-42(38,39)25-5-2-1-3-6-25)35-29(41-28)22-9-12-24(13-10-22)40-17-4-16-36/h1-3,5-6,9-14,19,21,28,36H,4,7-8,15-18,20H2,(H,34,37)/t28-,31-/m1/s1. The Labute approximate surface area is 255 Å². The van der Waals surface area contributed by atoms with Gasteiger partial charge in [-0.05, 0) is 67.3 Å². The average molecular weight is 632 g/mol. The fraction of sp³-hybridized carbons (Fsp3) is 0.355. The van der Waals surface area contributed by atoms with E-state index in [1.54, 1.807) is 60.7 Å². The van der Waals surface area contributed by atoms with Gasteiger partial charge in [-0.25, -0.2) is 13.4 Å². The SMILES string of the molecule is O=C(NCC1CC1)[C@]1(CCS(=O)(=O)c2ccccc2)N=C(c2ccc(OCCCO)cc2)O[C@@H]1c1ccc(Cl)cc1Cl. The highest BCUT2D eigenvalue weighted by Crippen LogP contribution is 2.45. The van der Waals surface area contributed by atoms with Crippen LogP contribution in [0.4, 0.5) is 0 Å². The highest BCUT2D eigenvalue weighted by atomic mass is 35.5. The Morgan fingerprint density at radius 1 is 1.07 bits per heavy atom.